The van der Waals surface area contributed by atoms with Crippen LogP contribution in [0.4, 0.5) is 13.2 Å². The number of fused-ring (bicyclic) bond motifs is 12. The monoisotopic (exact) mass is 648 g/mol. The van der Waals surface area contributed by atoms with E-state index in [1.54, 1.807) is 23.5 Å². The number of alkyl halides is 3. The number of halogens is 3. The van der Waals surface area contributed by atoms with E-state index in [1.807, 2.05) is 42.6 Å². The van der Waals surface area contributed by atoms with Gasteiger partial charge in [0, 0.05) is 32.6 Å². The van der Waals surface area contributed by atoms with Gasteiger partial charge in [-0.25, -0.2) is 4.98 Å². The molecule has 0 saturated carbocycles. The van der Waals surface area contributed by atoms with Crippen LogP contribution < -0.4 is 4.18 Å². The number of rotatable bonds is 3. The van der Waals surface area contributed by atoms with Crippen molar-refractivity contribution in [2.45, 2.75) is 5.51 Å². The van der Waals surface area contributed by atoms with Gasteiger partial charge in [-0.2, -0.15) is 21.6 Å². The van der Waals surface area contributed by atoms with Crippen molar-refractivity contribution in [1.29, 1.82) is 0 Å². The Balaban J connectivity index is 1.34. The van der Waals surface area contributed by atoms with Crippen LogP contribution >= 0.6 is 11.3 Å². The molecule has 46 heavy (non-hydrogen) atoms. The number of pyridine rings is 1. The molecule has 224 valence electrons. The average Bonchev–Trinajstić information content (AvgIpc) is 3.63. The number of hydrogen-bond acceptors (Lipinski definition) is 5. The molecule has 0 unspecified atom stereocenters. The van der Waals surface area contributed by atoms with Crippen molar-refractivity contribution in [1.82, 2.24) is 9.38 Å². The van der Waals surface area contributed by atoms with Gasteiger partial charge in [0.15, 0.2) is 5.65 Å². The molecule has 6 aromatic carbocycles. The molecule has 0 bridgehead atoms. The average molecular weight is 649 g/mol. The second-order valence-electron chi connectivity index (χ2n) is 11.2. The zero-order valence-electron chi connectivity index (χ0n) is 23.5. The standard InChI is InChI=1S/C36H19F3N2O3S2/c37-36(38,39)46(42,43)44-25-12-9-21(10-13-25)29-19-24-17-22-6-1-2-7-23(22)18-28(24)32-33(29)41-16-15-27-31-26-8-4-3-5-20(26)11-14-30(31)45-34(27)35(41)40-32/h1-19H. The summed E-state index contributed by atoms with van der Waals surface area (Å²) in [6.07, 6.45) is 2.02. The molecule has 0 atom stereocenters. The Morgan fingerprint density at radius 3 is 2.20 bits per heavy atom. The van der Waals surface area contributed by atoms with Crippen molar-refractivity contribution in [3.05, 3.63) is 115 Å². The second kappa shape index (κ2) is 9.41. The van der Waals surface area contributed by atoms with Gasteiger partial charge in [-0.1, -0.05) is 66.7 Å². The summed E-state index contributed by atoms with van der Waals surface area (Å²) >= 11 is 1.69. The second-order valence-corrected chi connectivity index (χ2v) is 13.8. The lowest BCUT2D eigenvalue weighted by atomic mass is 9.96. The van der Waals surface area contributed by atoms with E-state index >= 15 is 0 Å². The van der Waals surface area contributed by atoms with E-state index in [-0.39, 0.29) is 0 Å². The van der Waals surface area contributed by atoms with Crippen molar-refractivity contribution < 1.29 is 25.8 Å². The number of hydrogen-bond donors (Lipinski definition) is 0. The lowest BCUT2D eigenvalue weighted by Crippen LogP contribution is -2.28. The van der Waals surface area contributed by atoms with Crippen LogP contribution in [0.3, 0.4) is 0 Å². The Labute approximate surface area is 262 Å². The summed E-state index contributed by atoms with van der Waals surface area (Å²) in [6, 6.07) is 34.7. The smallest absolute Gasteiger partial charge is 0.376 e. The third-order valence-electron chi connectivity index (χ3n) is 8.50. The third kappa shape index (κ3) is 3.93. The van der Waals surface area contributed by atoms with Gasteiger partial charge in [0.2, 0.25) is 0 Å². The van der Waals surface area contributed by atoms with Gasteiger partial charge in [0.25, 0.3) is 0 Å². The van der Waals surface area contributed by atoms with Gasteiger partial charge >= 0.3 is 15.6 Å². The van der Waals surface area contributed by atoms with Crippen LogP contribution in [0.2, 0.25) is 0 Å². The maximum absolute atomic E-state index is 12.9. The predicted molar refractivity (Wildman–Crippen MR) is 179 cm³/mol. The Bertz CT molecular complexity index is 2840. The van der Waals surface area contributed by atoms with Crippen LogP contribution in [0.5, 0.6) is 5.75 Å². The van der Waals surface area contributed by atoms with Crippen LogP contribution in [0.25, 0.3) is 80.3 Å². The van der Waals surface area contributed by atoms with Gasteiger partial charge < -0.3 is 4.18 Å². The Morgan fingerprint density at radius 2 is 1.43 bits per heavy atom. The van der Waals surface area contributed by atoms with E-state index in [1.165, 1.54) is 28.3 Å². The van der Waals surface area contributed by atoms with Gasteiger partial charge in [0.05, 0.1) is 15.7 Å². The Kier molecular flexibility index (Phi) is 5.56. The Morgan fingerprint density at radius 1 is 0.717 bits per heavy atom. The topological polar surface area (TPSA) is 60.7 Å². The zero-order valence-corrected chi connectivity index (χ0v) is 25.2. The summed E-state index contributed by atoms with van der Waals surface area (Å²) in [5.41, 5.74) is -1.65. The van der Waals surface area contributed by atoms with E-state index in [0.717, 1.165) is 58.6 Å². The van der Waals surface area contributed by atoms with Crippen molar-refractivity contribution >= 4 is 90.6 Å². The molecule has 0 aliphatic heterocycles. The van der Waals surface area contributed by atoms with Gasteiger partial charge in [0.1, 0.15) is 5.75 Å². The molecule has 0 spiro atoms. The quantitative estimate of drug-likeness (QED) is 0.109. The van der Waals surface area contributed by atoms with Crippen molar-refractivity contribution in [3.63, 3.8) is 0 Å². The number of thiophene rings is 1. The SMILES string of the molecule is O=S(=O)(Oc1ccc(-c2cc3cc4ccccc4cc3c3nc4c5sc6ccc7ccccc7c6c5ccn4c23)cc1)C(F)(F)F. The molecule has 0 N–H and O–H groups in total. The fraction of sp³-hybridized carbons (Fsp3) is 0.0278. The molecule has 0 radical (unpaired) electrons. The summed E-state index contributed by atoms with van der Waals surface area (Å²) < 4.78 is 70.7. The normalized spacial score (nSPS) is 12.8. The van der Waals surface area contributed by atoms with Gasteiger partial charge in [-0.05, 0) is 75.0 Å². The van der Waals surface area contributed by atoms with Gasteiger partial charge in [-0.3, -0.25) is 4.40 Å². The zero-order chi connectivity index (χ0) is 31.4. The fourth-order valence-electron chi connectivity index (χ4n) is 6.44. The van der Waals surface area contributed by atoms with Crippen LogP contribution in [-0.2, 0) is 10.1 Å². The van der Waals surface area contributed by atoms with Crippen LogP contribution in [0, 0.1) is 0 Å². The van der Waals surface area contributed by atoms with E-state index in [9.17, 15) is 21.6 Å². The largest absolute Gasteiger partial charge is 0.534 e. The highest BCUT2D eigenvalue weighted by molar-refractivity contribution is 7.88. The minimum absolute atomic E-state index is 0.429. The van der Waals surface area contributed by atoms with Gasteiger partial charge in [-0.15, -0.1) is 11.3 Å². The maximum Gasteiger partial charge on any atom is 0.534 e. The van der Waals surface area contributed by atoms with Crippen molar-refractivity contribution in [3.8, 4) is 16.9 Å². The highest BCUT2D eigenvalue weighted by Crippen LogP contribution is 2.43. The molecule has 0 saturated heterocycles. The van der Waals surface area contributed by atoms with E-state index in [2.05, 4.69) is 57.1 Å². The first-order valence-corrected chi connectivity index (χ1v) is 16.5. The molecule has 9 aromatic rings. The molecule has 0 amide bonds. The molecule has 3 aromatic heterocycles. The fourth-order valence-corrected chi connectivity index (χ4v) is 8.09. The highest BCUT2D eigenvalue weighted by Gasteiger charge is 2.48. The molecular formula is C36H19F3N2O3S2. The van der Waals surface area contributed by atoms with Crippen molar-refractivity contribution in [2.24, 2.45) is 0 Å². The summed E-state index contributed by atoms with van der Waals surface area (Å²) in [6.45, 7) is 0. The van der Waals surface area contributed by atoms with Crippen LogP contribution in [-0.4, -0.2) is 23.3 Å². The summed E-state index contributed by atoms with van der Waals surface area (Å²) in [5.74, 6) is -0.429. The maximum atomic E-state index is 12.9. The molecular weight excluding hydrogens is 630 g/mol. The number of benzene rings is 6. The van der Waals surface area contributed by atoms with E-state index in [0.29, 0.717) is 5.56 Å². The minimum Gasteiger partial charge on any atom is -0.376 e. The number of nitrogens with zero attached hydrogens (tertiary/aromatic N) is 2. The number of aromatic nitrogens is 2. The van der Waals surface area contributed by atoms with E-state index in [4.69, 9.17) is 4.98 Å². The van der Waals surface area contributed by atoms with E-state index < -0.39 is 21.4 Å². The first-order chi connectivity index (χ1) is 22.2. The molecule has 5 nitrogen and oxygen atoms in total. The molecule has 9 rings (SSSR count). The Hall–Kier alpha value is -5.19. The summed E-state index contributed by atoms with van der Waals surface area (Å²) in [7, 11) is -5.79. The first kappa shape index (κ1) is 27.1. The van der Waals surface area contributed by atoms with Crippen molar-refractivity contribution in [2.75, 3.05) is 0 Å². The lowest BCUT2D eigenvalue weighted by molar-refractivity contribution is -0.0500. The van der Waals surface area contributed by atoms with Crippen LogP contribution in [0.1, 0.15) is 0 Å². The predicted octanol–water partition coefficient (Wildman–Crippen LogP) is 10.2. The molecule has 10 heteroatoms. The highest BCUT2D eigenvalue weighted by atomic mass is 32.2. The molecule has 0 fully saturated rings. The first-order valence-electron chi connectivity index (χ1n) is 14.3. The summed E-state index contributed by atoms with van der Waals surface area (Å²) in [5, 5.41) is 8.70. The molecule has 0 aliphatic rings. The minimum atomic E-state index is -5.79. The third-order valence-corrected chi connectivity index (χ3v) is 10.6. The summed E-state index contributed by atoms with van der Waals surface area (Å²) in [4.78, 5) is 5.28. The molecule has 0 aliphatic carbocycles. The van der Waals surface area contributed by atoms with Crippen LogP contribution in [0.15, 0.2) is 115 Å². The molecule has 3 heterocycles. The lowest BCUT2D eigenvalue weighted by Gasteiger charge is -2.12. The number of imidazole rings is 1.